The van der Waals surface area contributed by atoms with Crippen LogP contribution >= 0.6 is 0 Å². The van der Waals surface area contributed by atoms with E-state index in [2.05, 4.69) is 33.0 Å². The van der Waals surface area contributed by atoms with Crippen molar-refractivity contribution in [3.63, 3.8) is 0 Å². The lowest BCUT2D eigenvalue weighted by Gasteiger charge is -2.25. The van der Waals surface area contributed by atoms with Crippen LogP contribution in [0.4, 0.5) is 0 Å². The average molecular weight is 211 g/mol. The molecule has 0 aromatic heterocycles. The van der Waals surface area contributed by atoms with Gasteiger partial charge < -0.3 is 5.32 Å². The average Bonchev–Trinajstić information content (AvgIpc) is 2.90. The largest absolute Gasteiger partial charge is 0.313 e. The molecule has 1 nitrogen and oxygen atoms in total. The van der Waals surface area contributed by atoms with Crippen LogP contribution in [0, 0.1) is 11.3 Å². The first-order chi connectivity index (χ1) is 7.08. The molecule has 1 aliphatic rings. The maximum Gasteiger partial charge on any atom is 0.0121 e. The van der Waals surface area contributed by atoms with E-state index in [1.807, 2.05) is 0 Å². The molecule has 1 heteroatoms. The Kier molecular flexibility index (Phi) is 5.11. The molecule has 1 fully saturated rings. The van der Waals surface area contributed by atoms with Gasteiger partial charge >= 0.3 is 0 Å². The van der Waals surface area contributed by atoms with Gasteiger partial charge in [-0.2, -0.15) is 0 Å². The molecule has 1 atom stereocenters. The van der Waals surface area contributed by atoms with E-state index in [-0.39, 0.29) is 0 Å². The molecule has 0 radical (unpaired) electrons. The van der Waals surface area contributed by atoms with Gasteiger partial charge in [0.2, 0.25) is 0 Å². The van der Waals surface area contributed by atoms with E-state index in [9.17, 15) is 0 Å². The van der Waals surface area contributed by atoms with Crippen molar-refractivity contribution < 1.29 is 0 Å². The summed E-state index contributed by atoms with van der Waals surface area (Å²) in [5.74, 6) is 0.865. The van der Waals surface area contributed by atoms with Gasteiger partial charge in [-0.25, -0.2) is 0 Å². The highest BCUT2D eigenvalue weighted by molar-refractivity contribution is 4.98. The highest BCUT2D eigenvalue weighted by atomic mass is 14.9. The summed E-state index contributed by atoms with van der Waals surface area (Å²) in [5, 5.41) is 3.75. The fourth-order valence-corrected chi connectivity index (χ4v) is 2.29. The van der Waals surface area contributed by atoms with Crippen LogP contribution in [-0.4, -0.2) is 12.6 Å². The van der Waals surface area contributed by atoms with Crippen LogP contribution in [-0.2, 0) is 0 Å². The summed E-state index contributed by atoms with van der Waals surface area (Å²) in [5.41, 5.74) is 0.645. The van der Waals surface area contributed by atoms with Gasteiger partial charge in [-0.3, -0.25) is 0 Å². The predicted molar refractivity (Wildman–Crippen MR) is 68.1 cm³/mol. The molecule has 1 rings (SSSR count). The Balaban J connectivity index is 2.23. The van der Waals surface area contributed by atoms with E-state index in [1.54, 1.807) is 0 Å². The lowest BCUT2D eigenvalue weighted by atomic mass is 9.92. The normalized spacial score (nSPS) is 20.6. The van der Waals surface area contributed by atoms with E-state index in [1.165, 1.54) is 45.1 Å². The number of hydrogen-bond acceptors (Lipinski definition) is 1. The molecule has 0 saturated heterocycles. The van der Waals surface area contributed by atoms with Crippen molar-refractivity contribution in [2.75, 3.05) is 6.54 Å². The van der Waals surface area contributed by atoms with Crippen LogP contribution in [0.25, 0.3) is 0 Å². The predicted octanol–water partition coefficient (Wildman–Crippen LogP) is 3.98. The van der Waals surface area contributed by atoms with E-state index in [0.717, 1.165) is 12.0 Å². The van der Waals surface area contributed by atoms with Crippen LogP contribution in [0.1, 0.15) is 66.2 Å². The van der Waals surface area contributed by atoms with Crippen LogP contribution in [0.15, 0.2) is 0 Å². The highest BCUT2D eigenvalue weighted by Gasteiger charge is 2.43. The Labute approximate surface area is 96.0 Å². The second-order valence-electron chi connectivity index (χ2n) is 5.99. The molecular weight excluding hydrogens is 182 g/mol. The van der Waals surface area contributed by atoms with Crippen molar-refractivity contribution in [1.29, 1.82) is 0 Å². The Bertz CT molecular complexity index is 170. The molecule has 90 valence electrons. The smallest absolute Gasteiger partial charge is 0.0121 e. The molecule has 0 spiro atoms. The molecule has 0 bridgehead atoms. The van der Waals surface area contributed by atoms with E-state index >= 15 is 0 Å². The van der Waals surface area contributed by atoms with Crippen molar-refractivity contribution in [3.05, 3.63) is 0 Å². The summed E-state index contributed by atoms with van der Waals surface area (Å²) >= 11 is 0. The molecule has 0 aromatic carbocycles. The zero-order valence-electron chi connectivity index (χ0n) is 11.1. The molecule has 1 aliphatic carbocycles. The molecule has 0 amide bonds. The van der Waals surface area contributed by atoms with Gasteiger partial charge in [-0.05, 0) is 43.6 Å². The van der Waals surface area contributed by atoms with Crippen LogP contribution in [0.3, 0.4) is 0 Å². The Hall–Kier alpha value is -0.0400. The monoisotopic (exact) mass is 211 g/mol. The van der Waals surface area contributed by atoms with Gasteiger partial charge in [0.05, 0.1) is 0 Å². The summed E-state index contributed by atoms with van der Waals surface area (Å²) in [6.07, 6.45) is 8.31. The fourth-order valence-electron chi connectivity index (χ4n) is 2.29. The first-order valence-corrected chi connectivity index (χ1v) is 6.82. The third kappa shape index (κ3) is 4.55. The van der Waals surface area contributed by atoms with Gasteiger partial charge in [0.1, 0.15) is 0 Å². The van der Waals surface area contributed by atoms with Gasteiger partial charge in [0, 0.05) is 6.04 Å². The van der Waals surface area contributed by atoms with E-state index in [4.69, 9.17) is 0 Å². The molecule has 1 N–H and O–H groups in total. The molecule has 0 aliphatic heterocycles. The van der Waals surface area contributed by atoms with Crippen molar-refractivity contribution in [2.45, 2.75) is 72.3 Å². The summed E-state index contributed by atoms with van der Waals surface area (Å²) in [6.45, 7) is 10.6. The van der Waals surface area contributed by atoms with Gasteiger partial charge in [0.15, 0.2) is 0 Å². The van der Waals surface area contributed by atoms with Gasteiger partial charge in [0.25, 0.3) is 0 Å². The van der Waals surface area contributed by atoms with E-state index < -0.39 is 0 Å². The molecule has 1 saturated carbocycles. The second-order valence-corrected chi connectivity index (χ2v) is 5.99. The van der Waals surface area contributed by atoms with Crippen molar-refractivity contribution >= 4 is 0 Å². The Morgan fingerprint density at radius 2 is 1.87 bits per heavy atom. The number of hydrogen-bond donors (Lipinski definition) is 1. The van der Waals surface area contributed by atoms with Gasteiger partial charge in [-0.1, -0.05) is 40.5 Å². The lowest BCUT2D eigenvalue weighted by Crippen LogP contribution is -2.36. The van der Waals surface area contributed by atoms with Crippen LogP contribution in [0.2, 0.25) is 0 Å². The summed E-state index contributed by atoms with van der Waals surface area (Å²) in [6, 6.07) is 0.788. The summed E-state index contributed by atoms with van der Waals surface area (Å²) < 4.78 is 0. The minimum Gasteiger partial charge on any atom is -0.313 e. The Morgan fingerprint density at radius 3 is 2.33 bits per heavy atom. The fraction of sp³-hybridized carbons (Fsp3) is 1.00. The first-order valence-electron chi connectivity index (χ1n) is 6.82. The van der Waals surface area contributed by atoms with Crippen molar-refractivity contribution in [1.82, 2.24) is 5.32 Å². The highest BCUT2D eigenvalue weighted by Crippen LogP contribution is 2.49. The maximum absolute atomic E-state index is 3.75. The van der Waals surface area contributed by atoms with Crippen molar-refractivity contribution in [3.8, 4) is 0 Å². The zero-order valence-corrected chi connectivity index (χ0v) is 11.1. The SMILES string of the molecule is CCCNC(CCCC(C)C)C1(C)CC1. The summed E-state index contributed by atoms with van der Waals surface area (Å²) in [4.78, 5) is 0. The van der Waals surface area contributed by atoms with Crippen LogP contribution < -0.4 is 5.32 Å². The second kappa shape index (κ2) is 5.89. The topological polar surface area (TPSA) is 12.0 Å². The molecule has 15 heavy (non-hydrogen) atoms. The van der Waals surface area contributed by atoms with Gasteiger partial charge in [-0.15, -0.1) is 0 Å². The Morgan fingerprint density at radius 1 is 1.20 bits per heavy atom. The summed E-state index contributed by atoms with van der Waals surface area (Å²) in [7, 11) is 0. The molecule has 0 aromatic rings. The number of rotatable bonds is 8. The molecule has 1 unspecified atom stereocenters. The quantitative estimate of drug-likeness (QED) is 0.640. The first kappa shape index (κ1) is 13.0. The standard InChI is InChI=1S/C14H29N/c1-5-11-15-13(14(4)9-10-14)8-6-7-12(2)3/h12-13,15H,5-11H2,1-4H3. The van der Waals surface area contributed by atoms with Crippen LogP contribution in [0.5, 0.6) is 0 Å². The third-order valence-electron chi connectivity index (χ3n) is 3.79. The van der Waals surface area contributed by atoms with E-state index in [0.29, 0.717) is 5.41 Å². The third-order valence-corrected chi connectivity index (χ3v) is 3.79. The van der Waals surface area contributed by atoms with Crippen molar-refractivity contribution in [2.24, 2.45) is 11.3 Å². The zero-order chi connectivity index (χ0) is 11.3. The molecule has 0 heterocycles. The maximum atomic E-state index is 3.75. The number of nitrogens with one attached hydrogen (secondary N) is 1. The lowest BCUT2D eigenvalue weighted by molar-refractivity contribution is 0.322. The minimum atomic E-state index is 0.645. The molecular formula is C14H29N. The minimum absolute atomic E-state index is 0.645.